The lowest BCUT2D eigenvalue weighted by Crippen LogP contribution is -2.43. The van der Waals surface area contributed by atoms with Crippen LogP contribution in [0.3, 0.4) is 0 Å². The van der Waals surface area contributed by atoms with Gasteiger partial charge in [-0.1, -0.05) is 0 Å². The molecule has 4 nitrogen and oxygen atoms in total. The van der Waals surface area contributed by atoms with E-state index < -0.39 is 5.60 Å². The first kappa shape index (κ1) is 14.2. The van der Waals surface area contributed by atoms with Crippen molar-refractivity contribution in [3.05, 3.63) is 23.8 Å². The fourth-order valence-electron chi connectivity index (χ4n) is 2.66. The third-order valence-electron chi connectivity index (χ3n) is 3.62. The van der Waals surface area contributed by atoms with Gasteiger partial charge in [0.15, 0.2) is 0 Å². The summed E-state index contributed by atoms with van der Waals surface area (Å²) in [5.74, 6) is 1.37. The van der Waals surface area contributed by atoms with E-state index in [1.807, 2.05) is 26.0 Å². The molecule has 19 heavy (non-hydrogen) atoms. The van der Waals surface area contributed by atoms with E-state index in [-0.39, 0.29) is 5.60 Å². The number of rotatable bonds is 3. The summed E-state index contributed by atoms with van der Waals surface area (Å²) in [5, 5.41) is 10.9. The second-order valence-electron chi connectivity index (χ2n) is 5.67. The first-order chi connectivity index (χ1) is 8.88. The van der Waals surface area contributed by atoms with Gasteiger partial charge in [0.2, 0.25) is 0 Å². The van der Waals surface area contributed by atoms with Gasteiger partial charge in [-0.2, -0.15) is 0 Å². The number of benzene rings is 1. The molecule has 1 unspecified atom stereocenters. The van der Waals surface area contributed by atoms with Gasteiger partial charge in [-0.25, -0.2) is 0 Å². The molecule has 4 heteroatoms. The Hall–Kier alpha value is -1.26. The van der Waals surface area contributed by atoms with E-state index in [1.54, 1.807) is 20.3 Å². The molecule has 0 amide bonds. The summed E-state index contributed by atoms with van der Waals surface area (Å²) in [4.78, 5) is 0. The van der Waals surface area contributed by atoms with Crippen LogP contribution in [0.5, 0.6) is 11.5 Å². The van der Waals surface area contributed by atoms with Gasteiger partial charge in [-0.05, 0) is 31.5 Å². The molecule has 1 saturated heterocycles. The van der Waals surface area contributed by atoms with Crippen LogP contribution in [-0.2, 0) is 10.3 Å². The van der Waals surface area contributed by atoms with E-state index in [9.17, 15) is 5.11 Å². The SMILES string of the molecule is COc1cc(OC)cc(C2(O)CCOC(C)(C)C2)c1. The van der Waals surface area contributed by atoms with Gasteiger partial charge in [0.25, 0.3) is 0 Å². The van der Waals surface area contributed by atoms with E-state index in [1.165, 1.54) is 0 Å². The Bertz CT molecular complexity index is 433. The van der Waals surface area contributed by atoms with Gasteiger partial charge >= 0.3 is 0 Å². The van der Waals surface area contributed by atoms with E-state index in [2.05, 4.69) is 0 Å². The molecule has 0 aromatic heterocycles. The van der Waals surface area contributed by atoms with Gasteiger partial charge in [-0.15, -0.1) is 0 Å². The maximum atomic E-state index is 10.9. The van der Waals surface area contributed by atoms with Crippen molar-refractivity contribution >= 4 is 0 Å². The first-order valence-corrected chi connectivity index (χ1v) is 6.48. The Balaban J connectivity index is 2.39. The molecule has 1 atom stereocenters. The summed E-state index contributed by atoms with van der Waals surface area (Å²) in [6.45, 7) is 4.53. The average Bonchev–Trinajstić information content (AvgIpc) is 2.36. The fourth-order valence-corrected chi connectivity index (χ4v) is 2.66. The predicted molar refractivity (Wildman–Crippen MR) is 72.7 cm³/mol. The monoisotopic (exact) mass is 266 g/mol. The lowest BCUT2D eigenvalue weighted by molar-refractivity contribution is -0.148. The molecule has 0 bridgehead atoms. The van der Waals surface area contributed by atoms with Crippen molar-refractivity contribution in [3.63, 3.8) is 0 Å². The first-order valence-electron chi connectivity index (χ1n) is 6.48. The quantitative estimate of drug-likeness (QED) is 0.913. The standard InChI is InChI=1S/C15H22O4/c1-14(2)10-15(16,5-6-19-14)11-7-12(17-3)9-13(8-11)18-4/h7-9,16H,5-6,10H2,1-4H3. The van der Waals surface area contributed by atoms with E-state index in [0.717, 1.165) is 5.56 Å². The highest BCUT2D eigenvalue weighted by atomic mass is 16.5. The Morgan fingerprint density at radius 2 is 1.68 bits per heavy atom. The number of hydrogen-bond donors (Lipinski definition) is 1. The summed E-state index contributed by atoms with van der Waals surface area (Å²) in [6.07, 6.45) is 1.13. The van der Waals surface area contributed by atoms with E-state index in [0.29, 0.717) is 30.9 Å². The minimum Gasteiger partial charge on any atom is -0.497 e. The Labute approximate surface area is 114 Å². The molecule has 0 aliphatic carbocycles. The molecule has 1 aliphatic heterocycles. The van der Waals surface area contributed by atoms with E-state index >= 15 is 0 Å². The molecular formula is C15H22O4. The number of hydrogen-bond acceptors (Lipinski definition) is 4. The van der Waals surface area contributed by atoms with E-state index in [4.69, 9.17) is 14.2 Å². The van der Waals surface area contributed by atoms with Gasteiger partial charge in [0, 0.05) is 18.9 Å². The molecule has 106 valence electrons. The molecule has 1 heterocycles. The lowest BCUT2D eigenvalue weighted by atomic mass is 9.79. The summed E-state index contributed by atoms with van der Waals surface area (Å²) < 4.78 is 16.2. The van der Waals surface area contributed by atoms with Crippen LogP contribution in [0.2, 0.25) is 0 Å². The Kier molecular flexibility index (Phi) is 3.74. The maximum Gasteiger partial charge on any atom is 0.122 e. The molecule has 1 aromatic rings. The van der Waals surface area contributed by atoms with Crippen LogP contribution in [0.25, 0.3) is 0 Å². The fraction of sp³-hybridized carbons (Fsp3) is 0.600. The van der Waals surface area contributed by atoms with Crippen molar-refractivity contribution < 1.29 is 19.3 Å². The second kappa shape index (κ2) is 5.02. The zero-order valence-electron chi connectivity index (χ0n) is 12.0. The Morgan fingerprint density at radius 1 is 1.11 bits per heavy atom. The Morgan fingerprint density at radius 3 is 2.16 bits per heavy atom. The summed E-state index contributed by atoms with van der Waals surface area (Å²) in [7, 11) is 3.22. The highest BCUT2D eigenvalue weighted by molar-refractivity contribution is 5.41. The average molecular weight is 266 g/mol. The van der Waals surface area contributed by atoms with Gasteiger partial charge in [-0.3, -0.25) is 0 Å². The topological polar surface area (TPSA) is 47.9 Å². The third kappa shape index (κ3) is 3.01. The van der Waals surface area contributed by atoms with Crippen LogP contribution in [0.1, 0.15) is 32.3 Å². The molecule has 1 aliphatic rings. The molecular weight excluding hydrogens is 244 g/mol. The molecule has 2 rings (SSSR count). The molecule has 0 spiro atoms. The number of aliphatic hydroxyl groups is 1. The highest BCUT2D eigenvalue weighted by Crippen LogP contribution is 2.41. The van der Waals surface area contributed by atoms with Crippen molar-refractivity contribution in [1.82, 2.24) is 0 Å². The van der Waals surface area contributed by atoms with Crippen molar-refractivity contribution in [2.24, 2.45) is 0 Å². The maximum absolute atomic E-state index is 10.9. The van der Waals surface area contributed by atoms with Crippen LogP contribution in [0, 0.1) is 0 Å². The second-order valence-corrected chi connectivity index (χ2v) is 5.67. The van der Waals surface area contributed by atoms with Gasteiger partial charge in [0.1, 0.15) is 11.5 Å². The molecule has 1 N–H and O–H groups in total. The normalized spacial score (nSPS) is 25.9. The van der Waals surface area contributed by atoms with Gasteiger partial charge < -0.3 is 19.3 Å². The van der Waals surface area contributed by atoms with Crippen LogP contribution in [0.15, 0.2) is 18.2 Å². The van der Waals surface area contributed by atoms with Crippen molar-refractivity contribution in [2.45, 2.75) is 37.9 Å². The number of methoxy groups -OCH3 is 2. The summed E-state index contributed by atoms with van der Waals surface area (Å²) in [6, 6.07) is 5.53. The lowest BCUT2D eigenvalue weighted by Gasteiger charge is -2.42. The molecule has 0 saturated carbocycles. The zero-order chi connectivity index (χ0) is 14.1. The van der Waals surface area contributed by atoms with Crippen LogP contribution in [-0.4, -0.2) is 31.5 Å². The third-order valence-corrected chi connectivity index (χ3v) is 3.62. The minimum atomic E-state index is -0.899. The summed E-state index contributed by atoms with van der Waals surface area (Å²) >= 11 is 0. The number of ether oxygens (including phenoxy) is 3. The van der Waals surface area contributed by atoms with Crippen molar-refractivity contribution in [3.8, 4) is 11.5 Å². The largest absolute Gasteiger partial charge is 0.497 e. The van der Waals surface area contributed by atoms with Crippen LogP contribution >= 0.6 is 0 Å². The van der Waals surface area contributed by atoms with Crippen LogP contribution in [0.4, 0.5) is 0 Å². The molecule has 1 fully saturated rings. The minimum absolute atomic E-state index is 0.330. The predicted octanol–water partition coefficient (Wildman–Crippen LogP) is 2.48. The van der Waals surface area contributed by atoms with Crippen molar-refractivity contribution in [1.29, 1.82) is 0 Å². The van der Waals surface area contributed by atoms with Crippen molar-refractivity contribution in [2.75, 3.05) is 20.8 Å². The molecule has 0 radical (unpaired) electrons. The van der Waals surface area contributed by atoms with Gasteiger partial charge in [0.05, 0.1) is 32.0 Å². The highest BCUT2D eigenvalue weighted by Gasteiger charge is 2.41. The van der Waals surface area contributed by atoms with Crippen LogP contribution < -0.4 is 9.47 Å². The molecule has 1 aromatic carbocycles. The smallest absolute Gasteiger partial charge is 0.122 e. The zero-order valence-corrected chi connectivity index (χ0v) is 12.0. The summed E-state index contributed by atoms with van der Waals surface area (Å²) in [5.41, 5.74) is -0.410.